The summed E-state index contributed by atoms with van der Waals surface area (Å²) < 4.78 is 1.70. The van der Waals surface area contributed by atoms with Gasteiger partial charge in [-0.1, -0.05) is 0 Å². The van der Waals surface area contributed by atoms with Gasteiger partial charge in [0.15, 0.2) is 0 Å². The van der Waals surface area contributed by atoms with E-state index < -0.39 is 0 Å². The number of allylic oxidation sites excluding steroid dienone is 7. The van der Waals surface area contributed by atoms with Gasteiger partial charge in [0.1, 0.15) is 0 Å². The van der Waals surface area contributed by atoms with E-state index in [1.807, 2.05) is 0 Å². The molecule has 0 N–H and O–H groups in total. The number of halogens is 2. The predicted molar refractivity (Wildman–Crippen MR) is 101 cm³/mol. The Morgan fingerprint density at radius 3 is 2.24 bits per heavy atom. The zero-order valence-electron chi connectivity index (χ0n) is 16.4. The molecule has 0 fully saturated rings. The van der Waals surface area contributed by atoms with E-state index in [1.165, 1.54) is 12.2 Å². The van der Waals surface area contributed by atoms with E-state index in [0.717, 1.165) is 12.8 Å². The summed E-state index contributed by atoms with van der Waals surface area (Å²) in [7, 11) is 0. The molecule has 2 rings (SSSR count). The summed E-state index contributed by atoms with van der Waals surface area (Å²) in [6, 6.07) is 0. The van der Waals surface area contributed by atoms with Crippen LogP contribution >= 0.6 is 11.8 Å². The Kier molecular flexibility index (Phi) is 9.93. The third-order valence-corrected chi connectivity index (χ3v) is 7.96. The molecule has 0 amide bonds. The zero-order chi connectivity index (χ0) is 17.3. The van der Waals surface area contributed by atoms with E-state index in [2.05, 4.69) is 104 Å². The van der Waals surface area contributed by atoms with Crippen LogP contribution in [-0.2, 0) is 20.4 Å². The van der Waals surface area contributed by atoms with Crippen molar-refractivity contribution in [2.24, 2.45) is 10.8 Å². The van der Waals surface area contributed by atoms with Gasteiger partial charge in [0, 0.05) is 0 Å². The topological polar surface area (TPSA) is 0 Å². The van der Waals surface area contributed by atoms with Gasteiger partial charge >= 0.3 is 160 Å². The number of rotatable bonds is 5. The summed E-state index contributed by atoms with van der Waals surface area (Å²) in [6.45, 7) is 14.4. The van der Waals surface area contributed by atoms with E-state index in [1.54, 1.807) is 15.0 Å². The monoisotopic (exact) mass is 433 g/mol. The minimum absolute atomic E-state index is 0. The molecule has 139 valence electrons. The fourth-order valence-corrected chi connectivity index (χ4v) is 6.56. The molecule has 0 aromatic rings. The standard InChI is InChI=1S/C21H31S.2ClH.Ti/c1-7-16-22-21(20(5,6)17-12-8-9-13-17)15-11-10-14-18(21)19(2,3)4;;;/h8,10-12,14H,7,9,15-16H2,1-6H3;2*1H;/q;;;+2/p-2. The first-order valence-electron chi connectivity index (χ1n) is 8.80. The van der Waals surface area contributed by atoms with E-state index in [9.17, 15) is 0 Å². The Morgan fingerprint density at radius 2 is 1.76 bits per heavy atom. The minimum atomic E-state index is 0. The molecule has 2 aliphatic carbocycles. The number of hydrogen-bond donors (Lipinski definition) is 0. The van der Waals surface area contributed by atoms with Crippen molar-refractivity contribution >= 4 is 11.8 Å². The van der Waals surface area contributed by atoms with Crippen molar-refractivity contribution in [3.63, 3.8) is 0 Å². The Hall–Kier alpha value is 0.604. The van der Waals surface area contributed by atoms with Crippen LogP contribution in [0, 0.1) is 10.8 Å². The van der Waals surface area contributed by atoms with Gasteiger partial charge in [0.25, 0.3) is 0 Å². The summed E-state index contributed by atoms with van der Waals surface area (Å²) in [5.74, 6) is 1.22. The van der Waals surface area contributed by atoms with Gasteiger partial charge in [0.05, 0.1) is 0 Å². The quantitative estimate of drug-likeness (QED) is 0.572. The van der Waals surface area contributed by atoms with Crippen molar-refractivity contribution < 1.29 is 45.2 Å². The van der Waals surface area contributed by atoms with Crippen molar-refractivity contribution in [3.05, 3.63) is 45.4 Å². The molecule has 25 heavy (non-hydrogen) atoms. The summed E-state index contributed by atoms with van der Waals surface area (Å²) in [6.07, 6.45) is 15.3. The second-order valence-electron chi connectivity index (χ2n) is 8.26. The van der Waals surface area contributed by atoms with Crippen LogP contribution in [0.25, 0.3) is 0 Å². The first kappa shape index (κ1) is 25.6. The minimum Gasteiger partial charge on any atom is -1.00 e. The summed E-state index contributed by atoms with van der Waals surface area (Å²) in [5.41, 5.74) is 3.50. The van der Waals surface area contributed by atoms with Crippen molar-refractivity contribution in [2.45, 2.75) is 65.6 Å². The SMILES string of the molecule is CCCSC1(C(C)(C)C2=[C]([Ti+2])CC=C2)CC=CC=C1C(C)(C)C.[Cl-].[Cl-]. The molecule has 1 unspecified atom stereocenters. The van der Waals surface area contributed by atoms with Crippen LogP contribution in [0.15, 0.2) is 45.4 Å². The molecule has 0 aliphatic heterocycles. The Bertz CT molecular complexity index is 579. The predicted octanol–water partition coefficient (Wildman–Crippen LogP) is 0.596. The van der Waals surface area contributed by atoms with E-state index in [-0.39, 0.29) is 40.4 Å². The molecular weight excluding hydrogens is 403 g/mol. The molecule has 1 atom stereocenters. The van der Waals surface area contributed by atoms with Crippen molar-refractivity contribution in [1.29, 1.82) is 0 Å². The number of thioether (sulfide) groups is 1. The van der Waals surface area contributed by atoms with Crippen LogP contribution in [0.5, 0.6) is 0 Å². The van der Waals surface area contributed by atoms with Gasteiger partial charge in [0.2, 0.25) is 0 Å². The molecule has 0 heterocycles. The zero-order valence-corrected chi connectivity index (χ0v) is 20.3. The van der Waals surface area contributed by atoms with Gasteiger partial charge in [-0.25, -0.2) is 0 Å². The van der Waals surface area contributed by atoms with Gasteiger partial charge in [-0.3, -0.25) is 0 Å². The summed E-state index contributed by atoms with van der Waals surface area (Å²) in [4.78, 5) is 0. The van der Waals surface area contributed by atoms with Gasteiger partial charge in [-0.15, -0.1) is 0 Å². The third-order valence-electron chi connectivity index (χ3n) is 5.21. The normalized spacial score (nSPS) is 23.3. The molecule has 0 radical (unpaired) electrons. The fourth-order valence-electron chi connectivity index (χ4n) is 3.99. The Labute approximate surface area is 183 Å². The summed E-state index contributed by atoms with van der Waals surface area (Å²) in [5, 5.41) is 0. The smallest absolute Gasteiger partial charge is 1.00 e. The van der Waals surface area contributed by atoms with E-state index >= 15 is 0 Å². The van der Waals surface area contributed by atoms with Crippen LogP contribution in [0.2, 0.25) is 0 Å². The fraction of sp³-hybridized carbons (Fsp3) is 0.619. The van der Waals surface area contributed by atoms with Crippen LogP contribution < -0.4 is 24.8 Å². The third kappa shape index (κ3) is 4.91. The molecule has 0 bridgehead atoms. The summed E-state index contributed by atoms with van der Waals surface area (Å²) >= 11 is 4.50. The maximum absolute atomic E-state index is 2.48. The molecule has 0 aromatic heterocycles. The molecule has 0 saturated heterocycles. The average molecular weight is 434 g/mol. The van der Waals surface area contributed by atoms with Crippen LogP contribution in [0.4, 0.5) is 0 Å². The molecule has 0 spiro atoms. The molecule has 0 nitrogen and oxygen atoms in total. The van der Waals surface area contributed by atoms with Gasteiger partial charge < -0.3 is 24.8 Å². The van der Waals surface area contributed by atoms with Crippen molar-refractivity contribution in [2.75, 3.05) is 5.75 Å². The van der Waals surface area contributed by atoms with Crippen molar-refractivity contribution in [1.82, 2.24) is 0 Å². The average Bonchev–Trinajstić information content (AvgIpc) is 2.91. The molecule has 0 saturated carbocycles. The number of hydrogen-bond acceptors (Lipinski definition) is 1. The second kappa shape index (κ2) is 9.69. The van der Waals surface area contributed by atoms with Gasteiger partial charge in [-0.05, 0) is 0 Å². The molecule has 0 aromatic carbocycles. The maximum Gasteiger partial charge on any atom is -1.00 e. The van der Waals surface area contributed by atoms with Crippen LogP contribution in [0.1, 0.15) is 60.8 Å². The van der Waals surface area contributed by atoms with E-state index in [4.69, 9.17) is 0 Å². The van der Waals surface area contributed by atoms with Crippen LogP contribution in [-0.4, -0.2) is 10.5 Å². The van der Waals surface area contributed by atoms with E-state index in [0.29, 0.717) is 0 Å². The van der Waals surface area contributed by atoms with Gasteiger partial charge in [-0.2, -0.15) is 0 Å². The maximum atomic E-state index is 2.48. The first-order valence-corrected chi connectivity index (χ1v) is 10.6. The molecular formula is C21H31Cl2STi. The van der Waals surface area contributed by atoms with Crippen LogP contribution in [0.3, 0.4) is 0 Å². The first-order chi connectivity index (χ1) is 10.7. The molecule has 2 aliphatic rings. The second-order valence-corrected chi connectivity index (χ2v) is 10.6. The Morgan fingerprint density at radius 1 is 1.12 bits per heavy atom. The Balaban J connectivity index is 0.00000288. The van der Waals surface area contributed by atoms with Crippen molar-refractivity contribution in [3.8, 4) is 0 Å². The molecule has 4 heteroatoms. The largest absolute Gasteiger partial charge is 1.00 e.